The Balaban J connectivity index is 1.74. The number of rotatable bonds is 3. The Labute approximate surface area is 85.4 Å². The van der Waals surface area contributed by atoms with Gasteiger partial charge in [0, 0.05) is 18.0 Å². The summed E-state index contributed by atoms with van der Waals surface area (Å²) in [6, 6.07) is 0.733. The van der Waals surface area contributed by atoms with E-state index >= 15 is 0 Å². The van der Waals surface area contributed by atoms with E-state index in [9.17, 15) is 4.79 Å². The molecule has 3 nitrogen and oxygen atoms in total. The lowest BCUT2D eigenvalue weighted by molar-refractivity contribution is -0.125. The Morgan fingerprint density at radius 2 is 2.21 bits per heavy atom. The van der Waals surface area contributed by atoms with E-state index in [4.69, 9.17) is 5.73 Å². The van der Waals surface area contributed by atoms with Gasteiger partial charge in [-0.1, -0.05) is 13.3 Å². The van der Waals surface area contributed by atoms with E-state index in [2.05, 4.69) is 12.2 Å². The van der Waals surface area contributed by atoms with Crippen LogP contribution in [0.15, 0.2) is 0 Å². The molecule has 3 heteroatoms. The summed E-state index contributed by atoms with van der Waals surface area (Å²) in [5.74, 6) is 1.19. The summed E-state index contributed by atoms with van der Waals surface area (Å²) >= 11 is 0. The molecule has 2 aliphatic rings. The molecule has 2 rings (SSSR count). The second-order valence-corrected chi connectivity index (χ2v) is 4.79. The number of amides is 1. The average Bonchev–Trinajstić information content (AvgIpc) is 2.77. The van der Waals surface area contributed by atoms with Gasteiger partial charge in [0.15, 0.2) is 0 Å². The molecule has 1 amide bonds. The minimum Gasteiger partial charge on any atom is -0.353 e. The zero-order valence-electron chi connectivity index (χ0n) is 8.83. The summed E-state index contributed by atoms with van der Waals surface area (Å²) in [5, 5.41) is 3.12. The molecule has 4 unspecified atom stereocenters. The third-order valence-electron chi connectivity index (χ3n) is 3.62. The van der Waals surface area contributed by atoms with Crippen LogP contribution in [0.5, 0.6) is 0 Å². The monoisotopic (exact) mass is 196 g/mol. The van der Waals surface area contributed by atoms with Gasteiger partial charge in [0.25, 0.3) is 0 Å². The van der Waals surface area contributed by atoms with Crippen LogP contribution in [-0.4, -0.2) is 18.0 Å². The number of hydrogen-bond acceptors (Lipinski definition) is 2. The number of nitrogens with two attached hydrogens (primary N) is 1. The quantitative estimate of drug-likeness (QED) is 0.708. The standard InChI is InChI=1S/C11H20N2O/c1-2-7-6-10(7)13-11(14)8-3-4-9(12)5-8/h7-10H,2-6,12H2,1H3,(H,13,14). The van der Waals surface area contributed by atoms with Crippen LogP contribution in [-0.2, 0) is 4.79 Å². The van der Waals surface area contributed by atoms with E-state index in [1.54, 1.807) is 0 Å². The number of carbonyl (C=O) groups is 1. The molecule has 0 saturated heterocycles. The highest BCUT2D eigenvalue weighted by molar-refractivity contribution is 5.79. The van der Waals surface area contributed by atoms with Gasteiger partial charge in [-0.15, -0.1) is 0 Å². The van der Waals surface area contributed by atoms with Crippen LogP contribution in [0.1, 0.15) is 39.0 Å². The Morgan fingerprint density at radius 3 is 2.71 bits per heavy atom. The number of hydrogen-bond donors (Lipinski definition) is 2. The van der Waals surface area contributed by atoms with Crippen LogP contribution < -0.4 is 11.1 Å². The van der Waals surface area contributed by atoms with Crippen molar-refractivity contribution in [2.24, 2.45) is 17.6 Å². The maximum absolute atomic E-state index is 11.7. The Morgan fingerprint density at radius 1 is 1.43 bits per heavy atom. The molecule has 0 aromatic rings. The molecule has 2 fully saturated rings. The first-order chi connectivity index (χ1) is 6.70. The molecular formula is C11H20N2O. The van der Waals surface area contributed by atoms with E-state index in [1.165, 1.54) is 12.8 Å². The molecule has 4 atom stereocenters. The van der Waals surface area contributed by atoms with Crippen molar-refractivity contribution in [2.75, 3.05) is 0 Å². The van der Waals surface area contributed by atoms with Crippen LogP contribution in [0.3, 0.4) is 0 Å². The summed E-state index contributed by atoms with van der Waals surface area (Å²) in [4.78, 5) is 11.7. The zero-order chi connectivity index (χ0) is 10.1. The lowest BCUT2D eigenvalue weighted by atomic mass is 10.1. The highest BCUT2D eigenvalue weighted by atomic mass is 16.2. The van der Waals surface area contributed by atoms with Crippen molar-refractivity contribution in [1.29, 1.82) is 0 Å². The van der Waals surface area contributed by atoms with Crippen molar-refractivity contribution < 1.29 is 4.79 Å². The van der Waals surface area contributed by atoms with Crippen molar-refractivity contribution in [3.8, 4) is 0 Å². The van der Waals surface area contributed by atoms with Gasteiger partial charge in [0.2, 0.25) is 5.91 Å². The van der Waals surface area contributed by atoms with E-state index in [1.807, 2.05) is 0 Å². The summed E-state index contributed by atoms with van der Waals surface area (Å²) in [5.41, 5.74) is 5.78. The first-order valence-corrected chi connectivity index (χ1v) is 5.76. The molecule has 14 heavy (non-hydrogen) atoms. The molecule has 2 aliphatic carbocycles. The lowest BCUT2D eigenvalue weighted by Crippen LogP contribution is -2.32. The molecular weight excluding hydrogens is 176 g/mol. The molecule has 0 radical (unpaired) electrons. The smallest absolute Gasteiger partial charge is 0.223 e. The molecule has 0 aromatic heterocycles. The molecule has 80 valence electrons. The van der Waals surface area contributed by atoms with Gasteiger partial charge in [0.1, 0.15) is 0 Å². The summed E-state index contributed by atoms with van der Waals surface area (Å²) in [6.45, 7) is 2.18. The maximum Gasteiger partial charge on any atom is 0.223 e. The Bertz CT molecular complexity index is 229. The van der Waals surface area contributed by atoms with Gasteiger partial charge in [0.05, 0.1) is 0 Å². The normalized spacial score (nSPS) is 41.0. The topological polar surface area (TPSA) is 55.1 Å². The SMILES string of the molecule is CCC1CC1NC(=O)C1CCC(N)C1. The molecule has 2 saturated carbocycles. The zero-order valence-corrected chi connectivity index (χ0v) is 8.83. The molecule has 0 aliphatic heterocycles. The lowest BCUT2D eigenvalue weighted by Gasteiger charge is -2.10. The molecule has 0 heterocycles. The van der Waals surface area contributed by atoms with Crippen molar-refractivity contribution >= 4 is 5.91 Å². The van der Waals surface area contributed by atoms with E-state index in [0.29, 0.717) is 6.04 Å². The minimum absolute atomic E-state index is 0.197. The maximum atomic E-state index is 11.7. The van der Waals surface area contributed by atoms with Crippen LogP contribution >= 0.6 is 0 Å². The van der Waals surface area contributed by atoms with Crippen LogP contribution in [0, 0.1) is 11.8 Å². The second-order valence-electron chi connectivity index (χ2n) is 4.79. The number of nitrogens with one attached hydrogen (secondary N) is 1. The summed E-state index contributed by atoms with van der Waals surface area (Å²) in [6.07, 6.45) is 5.25. The highest BCUT2D eigenvalue weighted by Gasteiger charge is 2.38. The van der Waals surface area contributed by atoms with E-state index in [0.717, 1.165) is 25.2 Å². The van der Waals surface area contributed by atoms with Crippen molar-refractivity contribution in [3.63, 3.8) is 0 Å². The predicted octanol–water partition coefficient (Wildman–Crippen LogP) is 1.03. The molecule has 0 aromatic carbocycles. The van der Waals surface area contributed by atoms with Gasteiger partial charge < -0.3 is 11.1 Å². The second kappa shape index (κ2) is 3.89. The van der Waals surface area contributed by atoms with Crippen LogP contribution in [0.2, 0.25) is 0 Å². The first kappa shape index (κ1) is 9.97. The number of carbonyl (C=O) groups excluding carboxylic acids is 1. The molecule has 3 N–H and O–H groups in total. The van der Waals surface area contributed by atoms with Crippen LogP contribution in [0.4, 0.5) is 0 Å². The van der Waals surface area contributed by atoms with Gasteiger partial charge in [-0.05, 0) is 31.6 Å². The van der Waals surface area contributed by atoms with Gasteiger partial charge >= 0.3 is 0 Å². The largest absolute Gasteiger partial charge is 0.353 e. The Kier molecular flexibility index (Phi) is 2.77. The van der Waals surface area contributed by atoms with E-state index < -0.39 is 0 Å². The minimum atomic E-state index is 0.197. The van der Waals surface area contributed by atoms with Crippen LogP contribution in [0.25, 0.3) is 0 Å². The Hall–Kier alpha value is -0.570. The van der Waals surface area contributed by atoms with Crippen molar-refractivity contribution in [3.05, 3.63) is 0 Å². The van der Waals surface area contributed by atoms with Gasteiger partial charge in [-0.2, -0.15) is 0 Å². The fourth-order valence-electron chi connectivity index (χ4n) is 2.43. The van der Waals surface area contributed by atoms with E-state index in [-0.39, 0.29) is 17.9 Å². The third kappa shape index (κ3) is 2.08. The first-order valence-electron chi connectivity index (χ1n) is 5.76. The van der Waals surface area contributed by atoms with Crippen molar-refractivity contribution in [2.45, 2.75) is 51.1 Å². The molecule has 0 spiro atoms. The highest BCUT2D eigenvalue weighted by Crippen LogP contribution is 2.34. The summed E-state index contributed by atoms with van der Waals surface area (Å²) < 4.78 is 0. The molecule has 0 bridgehead atoms. The van der Waals surface area contributed by atoms with Crippen molar-refractivity contribution in [1.82, 2.24) is 5.32 Å². The fraction of sp³-hybridized carbons (Fsp3) is 0.909. The average molecular weight is 196 g/mol. The van der Waals surface area contributed by atoms with Gasteiger partial charge in [-0.3, -0.25) is 4.79 Å². The predicted molar refractivity (Wildman–Crippen MR) is 55.6 cm³/mol. The third-order valence-corrected chi connectivity index (χ3v) is 3.62. The van der Waals surface area contributed by atoms with Gasteiger partial charge in [-0.25, -0.2) is 0 Å². The summed E-state index contributed by atoms with van der Waals surface area (Å²) in [7, 11) is 0. The fourth-order valence-corrected chi connectivity index (χ4v) is 2.43.